The van der Waals surface area contributed by atoms with Gasteiger partial charge in [0.1, 0.15) is 6.04 Å². The molecule has 6 heteroatoms. The number of nitrogens with one attached hydrogen (secondary N) is 1. The van der Waals surface area contributed by atoms with Gasteiger partial charge in [0.2, 0.25) is 11.8 Å². The van der Waals surface area contributed by atoms with E-state index in [4.69, 9.17) is 23.2 Å². The van der Waals surface area contributed by atoms with Gasteiger partial charge in [-0.05, 0) is 35.2 Å². The van der Waals surface area contributed by atoms with Crippen LogP contribution < -0.4 is 5.32 Å². The third-order valence-corrected chi connectivity index (χ3v) is 7.70. The molecule has 1 unspecified atom stereocenters. The summed E-state index contributed by atoms with van der Waals surface area (Å²) in [6.45, 7) is 2.64. The molecule has 1 atom stereocenters. The predicted octanol–water partition coefficient (Wildman–Crippen LogP) is 7.68. The van der Waals surface area contributed by atoms with E-state index in [1.807, 2.05) is 97.9 Å². The lowest BCUT2D eigenvalue weighted by Crippen LogP contribution is -2.51. The zero-order valence-electron chi connectivity index (χ0n) is 22.6. The van der Waals surface area contributed by atoms with Crippen molar-refractivity contribution in [3.63, 3.8) is 0 Å². The first-order valence-corrected chi connectivity index (χ1v) is 14.4. The van der Waals surface area contributed by atoms with Crippen molar-refractivity contribution in [3.05, 3.63) is 141 Å². The number of benzene rings is 4. The fourth-order valence-electron chi connectivity index (χ4n) is 4.86. The van der Waals surface area contributed by atoms with E-state index in [9.17, 15) is 9.59 Å². The standard InChI is InChI=1S/C34H34Cl2N2O2/c1-2-21-37-34(40)32(22-25-13-6-3-7-14-25)38(24-29-30(35)19-12-20-31(29)36)33(39)23-28(26-15-8-4-9-16-26)27-17-10-5-11-18-27/h3-20,28,32H,2,21-24H2,1H3,(H,37,40). The van der Waals surface area contributed by atoms with Gasteiger partial charge in [-0.3, -0.25) is 9.59 Å². The Labute approximate surface area is 246 Å². The van der Waals surface area contributed by atoms with Gasteiger partial charge in [0.05, 0.1) is 0 Å². The minimum atomic E-state index is -0.749. The lowest BCUT2D eigenvalue weighted by molar-refractivity contribution is -0.141. The molecule has 0 heterocycles. The summed E-state index contributed by atoms with van der Waals surface area (Å²) < 4.78 is 0. The quantitative estimate of drug-likeness (QED) is 0.189. The lowest BCUT2D eigenvalue weighted by atomic mass is 9.87. The second-order valence-corrected chi connectivity index (χ2v) is 10.6. The van der Waals surface area contributed by atoms with Gasteiger partial charge in [0.15, 0.2) is 0 Å². The van der Waals surface area contributed by atoms with Crippen LogP contribution in [0.3, 0.4) is 0 Å². The first-order chi connectivity index (χ1) is 19.5. The van der Waals surface area contributed by atoms with Crippen molar-refractivity contribution in [1.82, 2.24) is 10.2 Å². The van der Waals surface area contributed by atoms with E-state index in [1.54, 1.807) is 23.1 Å². The normalized spacial score (nSPS) is 11.7. The summed E-state index contributed by atoms with van der Waals surface area (Å²) in [6, 6.07) is 34.3. The molecule has 40 heavy (non-hydrogen) atoms. The summed E-state index contributed by atoms with van der Waals surface area (Å²) in [6.07, 6.45) is 1.34. The lowest BCUT2D eigenvalue weighted by Gasteiger charge is -2.33. The minimum Gasteiger partial charge on any atom is -0.354 e. The zero-order chi connectivity index (χ0) is 28.3. The van der Waals surface area contributed by atoms with Crippen LogP contribution in [0.5, 0.6) is 0 Å². The van der Waals surface area contributed by atoms with Gasteiger partial charge in [0.25, 0.3) is 0 Å². The Morgan fingerprint density at radius 2 is 1.27 bits per heavy atom. The van der Waals surface area contributed by atoms with Crippen molar-refractivity contribution in [2.24, 2.45) is 0 Å². The molecule has 0 spiro atoms. The maximum atomic E-state index is 14.4. The predicted molar refractivity (Wildman–Crippen MR) is 164 cm³/mol. The Hall–Kier alpha value is -3.60. The molecule has 2 amide bonds. The molecule has 0 radical (unpaired) electrons. The number of carbonyl (C=O) groups excluding carboxylic acids is 2. The second kappa shape index (κ2) is 14.7. The summed E-state index contributed by atoms with van der Waals surface area (Å²) in [5.41, 5.74) is 3.65. The Balaban J connectivity index is 1.76. The van der Waals surface area contributed by atoms with E-state index < -0.39 is 6.04 Å². The average molecular weight is 574 g/mol. The molecular formula is C34H34Cl2N2O2. The van der Waals surface area contributed by atoms with Crippen molar-refractivity contribution in [3.8, 4) is 0 Å². The van der Waals surface area contributed by atoms with Gasteiger partial charge in [-0.1, -0.05) is 127 Å². The van der Waals surface area contributed by atoms with Gasteiger partial charge in [-0.2, -0.15) is 0 Å². The SMILES string of the molecule is CCCNC(=O)C(Cc1ccccc1)N(Cc1c(Cl)cccc1Cl)C(=O)CC(c1ccccc1)c1ccccc1. The zero-order valence-corrected chi connectivity index (χ0v) is 24.1. The highest BCUT2D eigenvalue weighted by atomic mass is 35.5. The van der Waals surface area contributed by atoms with Crippen LogP contribution >= 0.6 is 23.2 Å². The Kier molecular flexibility index (Phi) is 10.8. The maximum Gasteiger partial charge on any atom is 0.243 e. The molecule has 1 N–H and O–H groups in total. The molecule has 0 bridgehead atoms. The van der Waals surface area contributed by atoms with E-state index in [0.717, 1.165) is 23.1 Å². The van der Waals surface area contributed by atoms with E-state index in [2.05, 4.69) is 5.32 Å². The topological polar surface area (TPSA) is 49.4 Å². The van der Waals surface area contributed by atoms with Crippen molar-refractivity contribution >= 4 is 35.0 Å². The number of nitrogens with zero attached hydrogens (tertiary/aromatic N) is 1. The third kappa shape index (κ3) is 7.74. The number of halogens is 2. The van der Waals surface area contributed by atoms with Crippen LogP contribution in [0.25, 0.3) is 0 Å². The Bertz CT molecular complexity index is 1320. The minimum absolute atomic E-state index is 0.116. The number of hydrogen-bond acceptors (Lipinski definition) is 2. The maximum absolute atomic E-state index is 14.4. The number of amides is 2. The van der Waals surface area contributed by atoms with Crippen molar-refractivity contribution < 1.29 is 9.59 Å². The molecule has 0 saturated carbocycles. The molecule has 0 fully saturated rings. The van der Waals surface area contributed by atoms with Crippen LogP contribution in [0.1, 0.15) is 47.9 Å². The summed E-state index contributed by atoms with van der Waals surface area (Å²) in [7, 11) is 0. The van der Waals surface area contributed by atoms with Crippen LogP contribution in [0, 0.1) is 0 Å². The number of carbonyl (C=O) groups is 2. The average Bonchev–Trinajstić information content (AvgIpc) is 2.99. The van der Waals surface area contributed by atoms with Crippen LogP contribution in [0.2, 0.25) is 10.0 Å². The van der Waals surface area contributed by atoms with Crippen molar-refractivity contribution in [1.29, 1.82) is 0 Å². The molecule has 0 saturated heterocycles. The van der Waals surface area contributed by atoms with E-state index in [0.29, 0.717) is 28.6 Å². The molecule has 0 aliphatic rings. The van der Waals surface area contributed by atoms with Gasteiger partial charge >= 0.3 is 0 Å². The van der Waals surface area contributed by atoms with E-state index >= 15 is 0 Å². The van der Waals surface area contributed by atoms with E-state index in [-0.39, 0.29) is 30.7 Å². The largest absolute Gasteiger partial charge is 0.354 e. The summed E-state index contributed by atoms with van der Waals surface area (Å²) >= 11 is 13.2. The third-order valence-electron chi connectivity index (χ3n) is 6.99. The molecule has 4 aromatic rings. The highest BCUT2D eigenvalue weighted by Gasteiger charge is 2.33. The van der Waals surface area contributed by atoms with E-state index in [1.165, 1.54) is 0 Å². The molecule has 4 rings (SSSR count). The van der Waals surface area contributed by atoms with Gasteiger partial charge in [-0.25, -0.2) is 0 Å². The molecule has 0 aromatic heterocycles. The van der Waals surface area contributed by atoms with Gasteiger partial charge < -0.3 is 10.2 Å². The van der Waals surface area contributed by atoms with Crippen molar-refractivity contribution in [2.45, 2.75) is 44.7 Å². The highest BCUT2D eigenvalue weighted by Crippen LogP contribution is 2.32. The summed E-state index contributed by atoms with van der Waals surface area (Å²) in [5.74, 6) is -0.533. The van der Waals surface area contributed by atoms with Crippen molar-refractivity contribution in [2.75, 3.05) is 6.54 Å². The Morgan fingerprint density at radius 1 is 0.750 bits per heavy atom. The molecule has 4 nitrogen and oxygen atoms in total. The molecule has 0 aliphatic carbocycles. The fraction of sp³-hybridized carbons (Fsp3) is 0.235. The monoisotopic (exact) mass is 572 g/mol. The smallest absolute Gasteiger partial charge is 0.243 e. The fourth-order valence-corrected chi connectivity index (χ4v) is 5.38. The van der Waals surface area contributed by atoms with Crippen LogP contribution in [-0.4, -0.2) is 29.3 Å². The first kappa shape index (κ1) is 29.4. The first-order valence-electron chi connectivity index (χ1n) is 13.6. The molecular weight excluding hydrogens is 539 g/mol. The highest BCUT2D eigenvalue weighted by molar-refractivity contribution is 6.36. The molecule has 0 aliphatic heterocycles. The Morgan fingerprint density at radius 3 is 1.80 bits per heavy atom. The number of rotatable bonds is 12. The van der Waals surface area contributed by atoms with Crippen LogP contribution in [0.4, 0.5) is 0 Å². The molecule has 4 aromatic carbocycles. The van der Waals surface area contributed by atoms with Crippen LogP contribution in [0.15, 0.2) is 109 Å². The number of hydrogen-bond donors (Lipinski definition) is 1. The van der Waals surface area contributed by atoms with Gasteiger partial charge in [-0.15, -0.1) is 0 Å². The summed E-state index contributed by atoms with van der Waals surface area (Å²) in [5, 5.41) is 3.94. The second-order valence-electron chi connectivity index (χ2n) is 9.80. The summed E-state index contributed by atoms with van der Waals surface area (Å²) in [4.78, 5) is 29.7. The van der Waals surface area contributed by atoms with Gasteiger partial charge in [0, 0.05) is 47.5 Å². The van der Waals surface area contributed by atoms with Crippen LogP contribution in [-0.2, 0) is 22.6 Å². The molecule has 206 valence electrons.